The Balaban J connectivity index is 2.03. The standard InChI is InChI=1S/C15H22F2N2O2S/c1-11-4-3-7-19(9-11)10-12(2)18-22(20,21)15-8-13(16)5-6-14(15)17/h5-6,8,11-12,18H,3-4,7,9-10H2,1-2H3. The molecule has 1 N–H and O–H groups in total. The lowest BCUT2D eigenvalue weighted by molar-refractivity contribution is 0.174. The van der Waals surface area contributed by atoms with Crippen molar-refractivity contribution >= 4 is 10.0 Å². The maximum Gasteiger partial charge on any atom is 0.243 e. The van der Waals surface area contributed by atoms with Crippen molar-refractivity contribution in [1.82, 2.24) is 9.62 Å². The third-order valence-electron chi connectivity index (χ3n) is 3.81. The zero-order valence-electron chi connectivity index (χ0n) is 12.9. The number of hydrogen-bond acceptors (Lipinski definition) is 3. The van der Waals surface area contributed by atoms with Crippen LogP contribution in [0.15, 0.2) is 23.1 Å². The van der Waals surface area contributed by atoms with Gasteiger partial charge in [-0.3, -0.25) is 0 Å². The molecule has 1 aromatic rings. The molecule has 2 atom stereocenters. The molecule has 0 saturated carbocycles. The largest absolute Gasteiger partial charge is 0.301 e. The Morgan fingerprint density at radius 2 is 2.14 bits per heavy atom. The van der Waals surface area contributed by atoms with Gasteiger partial charge in [0.05, 0.1) is 0 Å². The normalized spacial score (nSPS) is 21.7. The molecule has 2 rings (SSSR count). The fourth-order valence-corrected chi connectivity index (χ4v) is 4.21. The second kappa shape index (κ2) is 7.02. The number of rotatable bonds is 5. The Hall–Kier alpha value is -1.05. The molecule has 1 aromatic carbocycles. The van der Waals surface area contributed by atoms with E-state index in [1.807, 2.05) is 0 Å². The Morgan fingerprint density at radius 3 is 2.82 bits per heavy atom. The van der Waals surface area contributed by atoms with Crippen LogP contribution < -0.4 is 4.72 Å². The Morgan fingerprint density at radius 1 is 1.41 bits per heavy atom. The van der Waals surface area contributed by atoms with Crippen LogP contribution in [0.4, 0.5) is 8.78 Å². The average molecular weight is 332 g/mol. The molecular formula is C15H22F2N2O2S. The van der Waals surface area contributed by atoms with Gasteiger partial charge in [-0.15, -0.1) is 0 Å². The molecule has 0 aromatic heterocycles. The molecule has 1 aliphatic heterocycles. The van der Waals surface area contributed by atoms with Gasteiger partial charge in [0.25, 0.3) is 0 Å². The summed E-state index contributed by atoms with van der Waals surface area (Å²) in [7, 11) is -4.07. The van der Waals surface area contributed by atoms with Crippen molar-refractivity contribution in [2.75, 3.05) is 19.6 Å². The molecule has 1 heterocycles. The number of nitrogens with zero attached hydrogens (tertiary/aromatic N) is 1. The van der Waals surface area contributed by atoms with Crippen molar-refractivity contribution in [3.8, 4) is 0 Å². The van der Waals surface area contributed by atoms with Gasteiger partial charge in [-0.25, -0.2) is 21.9 Å². The van der Waals surface area contributed by atoms with E-state index in [0.717, 1.165) is 31.6 Å². The van der Waals surface area contributed by atoms with E-state index in [2.05, 4.69) is 16.5 Å². The van der Waals surface area contributed by atoms with Gasteiger partial charge >= 0.3 is 0 Å². The van der Waals surface area contributed by atoms with E-state index < -0.39 is 26.6 Å². The van der Waals surface area contributed by atoms with Gasteiger partial charge in [0.15, 0.2) is 0 Å². The fourth-order valence-electron chi connectivity index (χ4n) is 2.89. The van der Waals surface area contributed by atoms with Gasteiger partial charge < -0.3 is 4.90 Å². The SMILES string of the molecule is CC1CCCN(CC(C)NS(=O)(=O)c2cc(F)ccc2F)C1. The summed E-state index contributed by atoms with van der Waals surface area (Å²) in [6.45, 7) is 6.32. The number of sulfonamides is 1. The van der Waals surface area contributed by atoms with Crippen LogP contribution in [0, 0.1) is 17.6 Å². The van der Waals surface area contributed by atoms with E-state index >= 15 is 0 Å². The number of benzene rings is 1. The predicted octanol–water partition coefficient (Wildman–Crippen LogP) is 2.36. The first-order valence-electron chi connectivity index (χ1n) is 7.47. The number of nitrogens with one attached hydrogen (secondary N) is 1. The fraction of sp³-hybridized carbons (Fsp3) is 0.600. The number of piperidine rings is 1. The molecular weight excluding hydrogens is 310 g/mol. The van der Waals surface area contributed by atoms with Gasteiger partial charge in [-0.05, 0) is 50.4 Å². The second-order valence-corrected chi connectivity index (χ2v) is 7.79. The molecule has 1 saturated heterocycles. The third kappa shape index (κ3) is 4.47. The maximum absolute atomic E-state index is 13.6. The molecule has 2 unspecified atom stereocenters. The third-order valence-corrected chi connectivity index (χ3v) is 5.42. The van der Waals surface area contributed by atoms with E-state index in [1.54, 1.807) is 6.92 Å². The molecule has 0 aliphatic carbocycles. The van der Waals surface area contributed by atoms with Crippen molar-refractivity contribution in [3.63, 3.8) is 0 Å². The van der Waals surface area contributed by atoms with Crippen molar-refractivity contribution < 1.29 is 17.2 Å². The van der Waals surface area contributed by atoms with Crippen LogP contribution in [-0.2, 0) is 10.0 Å². The van der Waals surface area contributed by atoms with Crippen molar-refractivity contribution in [2.45, 2.75) is 37.6 Å². The van der Waals surface area contributed by atoms with Gasteiger partial charge in [0.1, 0.15) is 16.5 Å². The summed E-state index contributed by atoms with van der Waals surface area (Å²) in [6, 6.07) is 2.04. The van der Waals surface area contributed by atoms with Crippen molar-refractivity contribution in [1.29, 1.82) is 0 Å². The van der Waals surface area contributed by atoms with Crippen LogP contribution in [-0.4, -0.2) is 39.0 Å². The average Bonchev–Trinajstić information content (AvgIpc) is 2.40. The van der Waals surface area contributed by atoms with Crippen LogP contribution in [0.2, 0.25) is 0 Å². The first-order chi connectivity index (χ1) is 10.3. The summed E-state index contributed by atoms with van der Waals surface area (Å²) in [5.74, 6) is -1.13. The van der Waals surface area contributed by atoms with Gasteiger partial charge in [-0.2, -0.15) is 0 Å². The van der Waals surface area contributed by atoms with Gasteiger partial charge in [0.2, 0.25) is 10.0 Å². The highest BCUT2D eigenvalue weighted by Gasteiger charge is 2.24. The molecule has 1 fully saturated rings. The lowest BCUT2D eigenvalue weighted by Crippen LogP contribution is -2.45. The second-order valence-electron chi connectivity index (χ2n) is 6.10. The number of hydrogen-bond donors (Lipinski definition) is 1. The van der Waals surface area contributed by atoms with Crippen molar-refractivity contribution in [2.24, 2.45) is 5.92 Å². The molecule has 1 aliphatic rings. The summed E-state index contributed by atoms with van der Waals surface area (Å²) >= 11 is 0. The van der Waals surface area contributed by atoms with E-state index in [1.165, 1.54) is 6.42 Å². The minimum atomic E-state index is -4.07. The van der Waals surface area contributed by atoms with Crippen LogP contribution in [0.25, 0.3) is 0 Å². The zero-order chi connectivity index (χ0) is 16.3. The van der Waals surface area contributed by atoms with Gasteiger partial charge in [0, 0.05) is 19.1 Å². The van der Waals surface area contributed by atoms with E-state index in [9.17, 15) is 17.2 Å². The quantitative estimate of drug-likeness (QED) is 0.900. The highest BCUT2D eigenvalue weighted by molar-refractivity contribution is 7.89. The zero-order valence-corrected chi connectivity index (χ0v) is 13.7. The molecule has 0 spiro atoms. The Kier molecular flexibility index (Phi) is 5.52. The highest BCUT2D eigenvalue weighted by Crippen LogP contribution is 2.18. The molecule has 7 heteroatoms. The minimum Gasteiger partial charge on any atom is -0.301 e. The summed E-state index contributed by atoms with van der Waals surface area (Å²) < 4.78 is 53.6. The molecule has 0 amide bonds. The molecule has 4 nitrogen and oxygen atoms in total. The molecule has 0 bridgehead atoms. The smallest absolute Gasteiger partial charge is 0.243 e. The monoisotopic (exact) mass is 332 g/mol. The van der Waals surface area contributed by atoms with Crippen LogP contribution >= 0.6 is 0 Å². The first-order valence-corrected chi connectivity index (χ1v) is 8.96. The minimum absolute atomic E-state index is 0.377. The van der Waals surface area contributed by atoms with Crippen LogP contribution in [0.5, 0.6) is 0 Å². The van der Waals surface area contributed by atoms with Crippen LogP contribution in [0.1, 0.15) is 26.7 Å². The van der Waals surface area contributed by atoms with E-state index in [4.69, 9.17) is 0 Å². The Bertz CT molecular complexity index is 622. The maximum atomic E-state index is 13.6. The van der Waals surface area contributed by atoms with Gasteiger partial charge in [-0.1, -0.05) is 6.92 Å². The summed E-state index contributed by atoms with van der Waals surface area (Å²) in [4.78, 5) is 1.55. The topological polar surface area (TPSA) is 49.4 Å². The molecule has 0 radical (unpaired) electrons. The first kappa shape index (κ1) is 17.3. The van der Waals surface area contributed by atoms with Crippen LogP contribution in [0.3, 0.4) is 0 Å². The van der Waals surface area contributed by atoms with Crippen molar-refractivity contribution in [3.05, 3.63) is 29.8 Å². The predicted molar refractivity (Wildman–Crippen MR) is 81.0 cm³/mol. The number of halogens is 2. The highest BCUT2D eigenvalue weighted by atomic mass is 32.2. The lowest BCUT2D eigenvalue weighted by atomic mass is 10.00. The molecule has 22 heavy (non-hydrogen) atoms. The Labute approximate surface area is 130 Å². The summed E-state index contributed by atoms with van der Waals surface area (Å²) in [6.07, 6.45) is 2.28. The lowest BCUT2D eigenvalue weighted by Gasteiger charge is -2.32. The molecule has 124 valence electrons. The summed E-state index contributed by atoms with van der Waals surface area (Å²) in [5, 5.41) is 0. The van der Waals surface area contributed by atoms with E-state index in [0.29, 0.717) is 18.5 Å². The van der Waals surface area contributed by atoms with E-state index in [-0.39, 0.29) is 6.04 Å². The number of likely N-dealkylation sites (tertiary alicyclic amines) is 1. The summed E-state index contributed by atoms with van der Waals surface area (Å²) in [5.41, 5.74) is 0.